The molecule has 1 atom stereocenters. The van der Waals surface area contributed by atoms with Crippen molar-refractivity contribution in [2.24, 2.45) is 10.7 Å². The second kappa shape index (κ2) is 9.86. The summed E-state index contributed by atoms with van der Waals surface area (Å²) in [4.78, 5) is 49.4. The summed E-state index contributed by atoms with van der Waals surface area (Å²) in [6.07, 6.45) is 4.85. The molecule has 0 aromatic carbocycles. The van der Waals surface area contributed by atoms with E-state index in [-0.39, 0.29) is 29.8 Å². The van der Waals surface area contributed by atoms with Crippen LogP contribution < -0.4 is 11.1 Å². The third-order valence-corrected chi connectivity index (χ3v) is 5.56. The number of amides is 2. The van der Waals surface area contributed by atoms with Gasteiger partial charge in [-0.05, 0) is 53.2 Å². The van der Waals surface area contributed by atoms with Crippen LogP contribution in [0.5, 0.6) is 0 Å². The molecule has 2 aliphatic rings. The highest BCUT2D eigenvalue weighted by Crippen LogP contribution is 2.20. The van der Waals surface area contributed by atoms with Gasteiger partial charge < -0.3 is 20.9 Å². The fourth-order valence-corrected chi connectivity index (χ4v) is 3.86. The number of halogens is 1. The predicted octanol–water partition coefficient (Wildman–Crippen LogP) is 1.48. The summed E-state index contributed by atoms with van der Waals surface area (Å²) in [6, 6.07) is 4.66. The number of nitrogens with zero attached hydrogens (tertiary/aromatic N) is 4. The van der Waals surface area contributed by atoms with E-state index in [1.807, 2.05) is 18.1 Å². The first-order valence-electron chi connectivity index (χ1n) is 9.92. The van der Waals surface area contributed by atoms with Crippen LogP contribution in [0.15, 0.2) is 51.3 Å². The number of aliphatic imine (C=N–C) groups is 1. The number of carbonyl (C=O) groups excluding carboxylic acids is 3. The molecule has 0 unspecified atom stereocenters. The van der Waals surface area contributed by atoms with Gasteiger partial charge in [0.25, 0.3) is 0 Å². The molecule has 2 aliphatic heterocycles. The van der Waals surface area contributed by atoms with E-state index in [0.29, 0.717) is 41.2 Å². The smallest absolute Gasteiger partial charge is 0.248 e. The van der Waals surface area contributed by atoms with E-state index in [1.165, 1.54) is 6.92 Å². The normalized spacial score (nSPS) is 21.4. The van der Waals surface area contributed by atoms with Crippen molar-refractivity contribution in [1.29, 1.82) is 0 Å². The van der Waals surface area contributed by atoms with Crippen molar-refractivity contribution >= 4 is 45.1 Å². The first-order valence-corrected chi connectivity index (χ1v) is 10.7. The Bertz CT molecular complexity index is 987. The molecule has 1 aromatic heterocycles. The van der Waals surface area contributed by atoms with Gasteiger partial charge in [-0.2, -0.15) is 0 Å². The van der Waals surface area contributed by atoms with Gasteiger partial charge in [-0.3, -0.25) is 19.4 Å². The molecule has 1 fully saturated rings. The van der Waals surface area contributed by atoms with E-state index in [0.717, 1.165) is 6.42 Å². The maximum Gasteiger partial charge on any atom is 0.248 e. The Kier molecular flexibility index (Phi) is 7.21. The lowest BCUT2D eigenvalue weighted by Crippen LogP contribution is -2.44. The number of pyridine rings is 1. The molecule has 10 heteroatoms. The van der Waals surface area contributed by atoms with E-state index in [9.17, 15) is 14.4 Å². The molecule has 0 bridgehead atoms. The van der Waals surface area contributed by atoms with Crippen molar-refractivity contribution in [3.8, 4) is 0 Å². The first-order chi connectivity index (χ1) is 14.8. The SMILES string of the molecule is CC(=O)/C(N)=C1\C=CN(C)CC1=NCC(=O)N1CCC[C@H]1C(=O)Nc1cccc(Br)n1. The molecule has 0 saturated carbocycles. The average molecular weight is 489 g/mol. The molecule has 2 amide bonds. The lowest BCUT2D eigenvalue weighted by Gasteiger charge is -2.25. The molecule has 0 spiro atoms. The molecular formula is C21H25BrN6O3. The van der Waals surface area contributed by atoms with Gasteiger partial charge in [0.2, 0.25) is 11.8 Å². The highest BCUT2D eigenvalue weighted by Gasteiger charge is 2.34. The van der Waals surface area contributed by atoms with Crippen LogP contribution in [0, 0.1) is 0 Å². The Labute approximate surface area is 189 Å². The van der Waals surface area contributed by atoms with Crippen molar-refractivity contribution in [3.63, 3.8) is 0 Å². The minimum Gasteiger partial charge on any atom is -0.395 e. The molecule has 3 N–H and O–H groups in total. The summed E-state index contributed by atoms with van der Waals surface area (Å²) in [5.74, 6) is -0.345. The number of Topliss-reactive ketones (excluding diaryl/α,β-unsaturated/α-hetero) is 1. The van der Waals surface area contributed by atoms with E-state index in [2.05, 4.69) is 31.2 Å². The van der Waals surface area contributed by atoms with Crippen molar-refractivity contribution in [2.75, 3.05) is 32.0 Å². The van der Waals surface area contributed by atoms with Crippen LogP contribution in [-0.4, -0.2) is 70.8 Å². The number of nitrogens with two attached hydrogens (primary N) is 1. The minimum atomic E-state index is -0.570. The number of aromatic nitrogens is 1. The minimum absolute atomic E-state index is 0.120. The standard InChI is InChI=1S/C21H25BrN6O3/c1-13(29)20(23)14-8-10-27(2)12-15(14)24-11-19(30)28-9-4-5-16(28)21(31)26-18-7-3-6-17(22)25-18/h3,6-8,10,16H,4-5,9,11-12,23H2,1-2H3,(H,25,26,31)/b20-14-,24-15?/t16-/m0/s1. The molecule has 31 heavy (non-hydrogen) atoms. The fraction of sp³-hybridized carbons (Fsp3) is 0.381. The monoisotopic (exact) mass is 488 g/mol. The highest BCUT2D eigenvalue weighted by molar-refractivity contribution is 9.10. The first kappa shape index (κ1) is 22.7. The Balaban J connectivity index is 1.71. The number of allylic oxidation sites excluding steroid dienone is 2. The molecule has 164 valence electrons. The summed E-state index contributed by atoms with van der Waals surface area (Å²) in [5.41, 5.74) is 7.15. The lowest BCUT2D eigenvalue weighted by atomic mass is 10.0. The largest absolute Gasteiger partial charge is 0.395 e. The van der Waals surface area contributed by atoms with Gasteiger partial charge >= 0.3 is 0 Å². The number of ketones is 1. The van der Waals surface area contributed by atoms with Crippen molar-refractivity contribution in [1.82, 2.24) is 14.8 Å². The second-order valence-corrected chi connectivity index (χ2v) is 8.27. The van der Waals surface area contributed by atoms with Crippen LogP contribution in [0.4, 0.5) is 5.82 Å². The number of rotatable bonds is 5. The zero-order valence-electron chi connectivity index (χ0n) is 17.5. The van der Waals surface area contributed by atoms with Crippen LogP contribution in [0.1, 0.15) is 19.8 Å². The number of likely N-dealkylation sites (tertiary alicyclic amines) is 1. The Hall–Kier alpha value is -3.01. The number of carbonyl (C=O) groups is 3. The molecule has 0 aliphatic carbocycles. The maximum atomic E-state index is 12.9. The maximum absolute atomic E-state index is 12.9. The third kappa shape index (κ3) is 5.57. The van der Waals surface area contributed by atoms with Crippen LogP contribution in [0.3, 0.4) is 0 Å². The fourth-order valence-electron chi connectivity index (χ4n) is 3.52. The van der Waals surface area contributed by atoms with Gasteiger partial charge in [0.1, 0.15) is 23.0 Å². The summed E-state index contributed by atoms with van der Waals surface area (Å²) >= 11 is 3.27. The molecule has 3 heterocycles. The van der Waals surface area contributed by atoms with Gasteiger partial charge in [0.15, 0.2) is 5.78 Å². The van der Waals surface area contributed by atoms with Gasteiger partial charge in [0.05, 0.1) is 18.0 Å². The highest BCUT2D eigenvalue weighted by atomic mass is 79.9. The number of hydrogen-bond donors (Lipinski definition) is 2. The van der Waals surface area contributed by atoms with Gasteiger partial charge in [-0.15, -0.1) is 0 Å². The molecule has 0 radical (unpaired) electrons. The zero-order chi connectivity index (χ0) is 22.5. The topological polar surface area (TPSA) is 121 Å². The average Bonchev–Trinajstić information content (AvgIpc) is 3.22. The predicted molar refractivity (Wildman–Crippen MR) is 121 cm³/mol. The molecule has 9 nitrogen and oxygen atoms in total. The number of nitrogens with one attached hydrogen (secondary N) is 1. The van der Waals surface area contributed by atoms with Gasteiger partial charge in [0, 0.05) is 26.1 Å². The summed E-state index contributed by atoms with van der Waals surface area (Å²) in [7, 11) is 1.87. The zero-order valence-corrected chi connectivity index (χ0v) is 19.1. The summed E-state index contributed by atoms with van der Waals surface area (Å²) in [6.45, 7) is 2.20. The molecule has 1 aromatic rings. The van der Waals surface area contributed by atoms with E-state index in [4.69, 9.17) is 5.73 Å². The number of hydrogen-bond acceptors (Lipinski definition) is 7. The third-order valence-electron chi connectivity index (χ3n) is 5.12. The van der Waals surface area contributed by atoms with Crippen molar-refractivity contribution < 1.29 is 14.4 Å². The van der Waals surface area contributed by atoms with E-state index >= 15 is 0 Å². The second-order valence-electron chi connectivity index (χ2n) is 7.46. The van der Waals surface area contributed by atoms with Crippen molar-refractivity contribution in [2.45, 2.75) is 25.8 Å². The van der Waals surface area contributed by atoms with Crippen LogP contribution in [-0.2, 0) is 14.4 Å². The Morgan fingerprint density at radius 2 is 2.13 bits per heavy atom. The summed E-state index contributed by atoms with van der Waals surface area (Å²) < 4.78 is 0.612. The lowest BCUT2D eigenvalue weighted by molar-refractivity contribution is -0.135. The van der Waals surface area contributed by atoms with Crippen LogP contribution >= 0.6 is 15.9 Å². The molecular weight excluding hydrogens is 464 g/mol. The van der Waals surface area contributed by atoms with E-state index in [1.54, 1.807) is 29.2 Å². The van der Waals surface area contributed by atoms with Gasteiger partial charge in [-0.25, -0.2) is 4.98 Å². The molecule has 3 rings (SSSR count). The quantitative estimate of drug-likeness (QED) is 0.478. The Morgan fingerprint density at radius 1 is 1.35 bits per heavy atom. The number of anilines is 1. The molecule has 1 saturated heterocycles. The van der Waals surface area contributed by atoms with Crippen LogP contribution in [0.2, 0.25) is 0 Å². The summed E-state index contributed by atoms with van der Waals surface area (Å²) in [5, 5.41) is 2.77. The van der Waals surface area contributed by atoms with Gasteiger partial charge in [-0.1, -0.05) is 6.07 Å². The Morgan fingerprint density at radius 3 is 2.84 bits per heavy atom. The van der Waals surface area contributed by atoms with Crippen LogP contribution in [0.25, 0.3) is 0 Å². The van der Waals surface area contributed by atoms with Crippen molar-refractivity contribution in [3.05, 3.63) is 46.3 Å². The van der Waals surface area contributed by atoms with E-state index < -0.39 is 6.04 Å².